The fourth-order valence-electron chi connectivity index (χ4n) is 3.84. The second-order valence-corrected chi connectivity index (χ2v) is 7.84. The number of piperidine rings is 1. The van der Waals surface area contributed by atoms with E-state index >= 15 is 0 Å². The molecule has 2 unspecified atom stereocenters. The molecule has 1 aromatic heterocycles. The third-order valence-corrected chi connectivity index (χ3v) is 5.26. The molecular formula is C20H28N4O2S. The van der Waals surface area contributed by atoms with Crippen LogP contribution in [0.3, 0.4) is 0 Å². The third-order valence-electron chi connectivity index (χ3n) is 4.95. The summed E-state index contributed by atoms with van der Waals surface area (Å²) < 4.78 is 7.93. The topological polar surface area (TPSA) is 63.1 Å². The minimum Gasteiger partial charge on any atom is -0.494 e. The zero-order valence-corrected chi connectivity index (χ0v) is 17.1. The smallest absolute Gasteiger partial charge is 0.224 e. The fraction of sp³-hybridized carbons (Fsp3) is 0.550. The zero-order valence-electron chi connectivity index (χ0n) is 16.3. The number of ether oxygens (including phenoxy) is 1. The van der Waals surface area contributed by atoms with Crippen LogP contribution in [0.15, 0.2) is 24.3 Å². The van der Waals surface area contributed by atoms with Crippen LogP contribution in [-0.4, -0.2) is 45.3 Å². The minimum absolute atomic E-state index is 0.189. The summed E-state index contributed by atoms with van der Waals surface area (Å²) in [6, 6.07) is 7.76. The van der Waals surface area contributed by atoms with Crippen molar-refractivity contribution < 1.29 is 9.53 Å². The first-order valence-corrected chi connectivity index (χ1v) is 10.0. The average Bonchev–Trinajstić information content (AvgIpc) is 3.00. The van der Waals surface area contributed by atoms with Gasteiger partial charge in [0.15, 0.2) is 10.6 Å². The minimum atomic E-state index is 0.189. The first-order valence-electron chi connectivity index (χ1n) is 9.64. The van der Waals surface area contributed by atoms with Gasteiger partial charge in [-0.15, -0.1) is 0 Å². The van der Waals surface area contributed by atoms with Gasteiger partial charge in [-0.2, -0.15) is 5.10 Å². The van der Waals surface area contributed by atoms with Crippen LogP contribution in [0.5, 0.6) is 5.75 Å². The Bertz CT molecular complexity index is 817. The number of nitrogens with one attached hydrogen (secondary N) is 1. The molecule has 2 aromatic rings. The van der Waals surface area contributed by atoms with Gasteiger partial charge < -0.3 is 9.64 Å². The van der Waals surface area contributed by atoms with Gasteiger partial charge in [0.25, 0.3) is 0 Å². The van der Waals surface area contributed by atoms with Gasteiger partial charge >= 0.3 is 0 Å². The van der Waals surface area contributed by atoms with Crippen molar-refractivity contribution in [2.75, 3.05) is 19.7 Å². The van der Waals surface area contributed by atoms with Crippen molar-refractivity contribution in [2.24, 2.45) is 11.8 Å². The van der Waals surface area contributed by atoms with Gasteiger partial charge in [0.2, 0.25) is 5.91 Å². The fourth-order valence-corrected chi connectivity index (χ4v) is 4.07. The monoisotopic (exact) mass is 388 g/mol. The normalized spacial score (nSPS) is 19.9. The van der Waals surface area contributed by atoms with Crippen molar-refractivity contribution >= 4 is 18.1 Å². The van der Waals surface area contributed by atoms with Gasteiger partial charge in [0, 0.05) is 31.6 Å². The predicted octanol–water partition coefficient (Wildman–Crippen LogP) is 3.90. The second-order valence-electron chi connectivity index (χ2n) is 7.46. The van der Waals surface area contributed by atoms with E-state index in [0.717, 1.165) is 30.2 Å². The highest BCUT2D eigenvalue weighted by Crippen LogP contribution is 2.23. The third kappa shape index (κ3) is 4.77. The Labute approximate surface area is 165 Å². The molecular weight excluding hydrogens is 360 g/mol. The summed E-state index contributed by atoms with van der Waals surface area (Å²) >= 11 is 5.38. The molecule has 2 atom stereocenters. The quantitative estimate of drug-likeness (QED) is 0.763. The molecule has 1 N–H and O–H groups in total. The summed E-state index contributed by atoms with van der Waals surface area (Å²) in [5.74, 6) is 2.89. The molecule has 1 saturated heterocycles. The largest absolute Gasteiger partial charge is 0.494 e. The predicted molar refractivity (Wildman–Crippen MR) is 108 cm³/mol. The Morgan fingerprint density at radius 1 is 1.26 bits per heavy atom. The van der Waals surface area contributed by atoms with Crippen LogP contribution in [0.25, 0.3) is 11.4 Å². The zero-order chi connectivity index (χ0) is 19.4. The number of rotatable bonds is 6. The van der Waals surface area contributed by atoms with E-state index in [0.29, 0.717) is 36.2 Å². The first kappa shape index (κ1) is 19.6. The highest BCUT2D eigenvalue weighted by atomic mass is 32.1. The van der Waals surface area contributed by atoms with E-state index < -0.39 is 0 Å². The molecule has 146 valence electrons. The molecule has 0 saturated carbocycles. The van der Waals surface area contributed by atoms with E-state index in [2.05, 4.69) is 24.0 Å². The summed E-state index contributed by atoms with van der Waals surface area (Å²) in [5, 5.41) is 7.21. The standard InChI is InChI=1S/C20H28N4O2S/c1-4-26-17-7-5-16(6-8-17)19-21-22-20(27)24(19)10-9-18(25)23-12-14(2)11-15(3)13-23/h5-8,14-15H,4,9-13H2,1-3H3,(H,22,27). The van der Waals surface area contributed by atoms with Gasteiger partial charge in [-0.1, -0.05) is 13.8 Å². The molecule has 27 heavy (non-hydrogen) atoms. The Kier molecular flexibility index (Phi) is 6.31. The van der Waals surface area contributed by atoms with Crippen LogP contribution in [-0.2, 0) is 11.3 Å². The number of H-pyrrole nitrogens is 1. The number of hydrogen-bond acceptors (Lipinski definition) is 4. The number of aromatic nitrogens is 3. The summed E-state index contributed by atoms with van der Waals surface area (Å²) in [6.45, 7) is 9.25. The lowest BCUT2D eigenvalue weighted by Gasteiger charge is -2.35. The number of carbonyl (C=O) groups is 1. The average molecular weight is 389 g/mol. The lowest BCUT2D eigenvalue weighted by molar-refractivity contribution is -0.134. The van der Waals surface area contributed by atoms with Crippen LogP contribution < -0.4 is 4.74 Å². The van der Waals surface area contributed by atoms with Crippen LogP contribution in [0.4, 0.5) is 0 Å². The molecule has 1 fully saturated rings. The molecule has 0 spiro atoms. The van der Waals surface area contributed by atoms with Crippen molar-refractivity contribution in [2.45, 2.75) is 40.2 Å². The number of benzene rings is 1. The van der Waals surface area contributed by atoms with Crippen LogP contribution in [0, 0.1) is 16.6 Å². The van der Waals surface area contributed by atoms with Gasteiger partial charge in [0.05, 0.1) is 6.61 Å². The Balaban J connectivity index is 1.70. The summed E-state index contributed by atoms with van der Waals surface area (Å²) in [5.41, 5.74) is 0.943. The van der Waals surface area contributed by atoms with Crippen LogP contribution >= 0.6 is 12.2 Å². The van der Waals surface area contributed by atoms with E-state index in [1.807, 2.05) is 40.7 Å². The number of nitrogens with zero attached hydrogens (tertiary/aromatic N) is 3. The summed E-state index contributed by atoms with van der Waals surface area (Å²) in [4.78, 5) is 14.7. The van der Waals surface area contributed by atoms with E-state index in [1.165, 1.54) is 6.42 Å². The Morgan fingerprint density at radius 2 is 1.93 bits per heavy atom. The maximum Gasteiger partial charge on any atom is 0.224 e. The lowest BCUT2D eigenvalue weighted by Crippen LogP contribution is -2.42. The maximum absolute atomic E-state index is 12.7. The SMILES string of the molecule is CCOc1ccc(-c2n[nH]c(=S)n2CCC(=O)N2CC(C)CC(C)C2)cc1. The summed E-state index contributed by atoms with van der Waals surface area (Å²) in [7, 11) is 0. The lowest BCUT2D eigenvalue weighted by atomic mass is 9.92. The number of hydrogen-bond donors (Lipinski definition) is 1. The molecule has 2 heterocycles. The van der Waals surface area contributed by atoms with Crippen molar-refractivity contribution in [3.63, 3.8) is 0 Å². The van der Waals surface area contributed by atoms with Crippen molar-refractivity contribution in [3.8, 4) is 17.1 Å². The van der Waals surface area contributed by atoms with Gasteiger partial charge in [-0.25, -0.2) is 0 Å². The van der Waals surface area contributed by atoms with Crippen molar-refractivity contribution in [1.82, 2.24) is 19.7 Å². The molecule has 0 aliphatic carbocycles. The van der Waals surface area contributed by atoms with E-state index in [9.17, 15) is 4.79 Å². The molecule has 3 rings (SSSR count). The molecule has 0 radical (unpaired) electrons. The van der Waals surface area contributed by atoms with Gasteiger partial charge in [-0.3, -0.25) is 14.5 Å². The molecule has 6 nitrogen and oxygen atoms in total. The Morgan fingerprint density at radius 3 is 2.56 bits per heavy atom. The number of aromatic amines is 1. The molecule has 1 aromatic carbocycles. The Hall–Kier alpha value is -2.15. The van der Waals surface area contributed by atoms with Gasteiger partial charge in [-0.05, 0) is 61.7 Å². The number of carbonyl (C=O) groups excluding carboxylic acids is 1. The summed E-state index contributed by atoms with van der Waals surface area (Å²) in [6.07, 6.45) is 1.62. The number of likely N-dealkylation sites (tertiary alicyclic amines) is 1. The molecule has 1 aliphatic heterocycles. The van der Waals surface area contributed by atoms with E-state index in [1.54, 1.807) is 0 Å². The van der Waals surface area contributed by atoms with Gasteiger partial charge in [0.1, 0.15) is 5.75 Å². The van der Waals surface area contributed by atoms with Crippen molar-refractivity contribution in [3.05, 3.63) is 29.0 Å². The maximum atomic E-state index is 12.7. The highest BCUT2D eigenvalue weighted by Gasteiger charge is 2.25. The highest BCUT2D eigenvalue weighted by molar-refractivity contribution is 7.71. The van der Waals surface area contributed by atoms with E-state index in [-0.39, 0.29) is 5.91 Å². The molecule has 0 bridgehead atoms. The molecule has 7 heteroatoms. The van der Waals surface area contributed by atoms with E-state index in [4.69, 9.17) is 17.0 Å². The number of amides is 1. The molecule has 1 aliphatic rings. The van der Waals surface area contributed by atoms with Crippen molar-refractivity contribution in [1.29, 1.82) is 0 Å². The van der Waals surface area contributed by atoms with Crippen LogP contribution in [0.1, 0.15) is 33.6 Å². The second kappa shape index (κ2) is 8.69. The van der Waals surface area contributed by atoms with Crippen LogP contribution in [0.2, 0.25) is 0 Å². The molecule has 1 amide bonds. The first-order chi connectivity index (χ1) is 13.0.